The third-order valence-corrected chi connectivity index (χ3v) is 3.56. The lowest BCUT2D eigenvalue weighted by atomic mass is 10.1. The van der Waals surface area contributed by atoms with Crippen LogP contribution in [0.2, 0.25) is 0 Å². The number of hydrogen-bond acceptors (Lipinski definition) is 4. The van der Waals surface area contributed by atoms with Crippen molar-refractivity contribution in [2.75, 3.05) is 26.2 Å². The summed E-state index contributed by atoms with van der Waals surface area (Å²) >= 11 is 0. The van der Waals surface area contributed by atoms with Crippen LogP contribution in [0.5, 0.6) is 5.75 Å². The molecule has 0 atom stereocenters. The second kappa shape index (κ2) is 7.04. The Morgan fingerprint density at radius 2 is 2.00 bits per heavy atom. The largest absolute Gasteiger partial charge is 0.491 e. The van der Waals surface area contributed by atoms with Crippen LogP contribution in [0, 0.1) is 5.41 Å². The van der Waals surface area contributed by atoms with E-state index in [1.54, 1.807) is 6.20 Å². The summed E-state index contributed by atoms with van der Waals surface area (Å²) in [6.45, 7) is 7.67. The number of hydrogen-bond donors (Lipinski definition) is 2. The van der Waals surface area contributed by atoms with E-state index in [2.05, 4.69) is 23.7 Å². The number of nitrogens with two attached hydrogens (primary N) is 1. The molecule has 21 heavy (non-hydrogen) atoms. The molecule has 0 aliphatic heterocycles. The number of benzene rings is 1. The van der Waals surface area contributed by atoms with Crippen LogP contribution in [0.4, 0.5) is 0 Å². The first kappa shape index (κ1) is 15.3. The van der Waals surface area contributed by atoms with E-state index in [0.717, 1.165) is 30.5 Å². The number of fused-ring (bicyclic) bond motifs is 1. The van der Waals surface area contributed by atoms with Crippen LogP contribution in [-0.4, -0.2) is 42.0 Å². The molecular weight excluding hydrogens is 264 g/mol. The Balaban J connectivity index is 2.27. The van der Waals surface area contributed by atoms with E-state index < -0.39 is 0 Å². The zero-order chi connectivity index (χ0) is 15.2. The topological polar surface area (TPSA) is 75.2 Å². The fraction of sp³-hybridized carbons (Fsp3) is 0.375. The lowest BCUT2D eigenvalue weighted by molar-refractivity contribution is 0.224. The molecule has 0 unspecified atom stereocenters. The molecule has 5 heteroatoms. The summed E-state index contributed by atoms with van der Waals surface area (Å²) in [4.78, 5) is 6.62. The smallest absolute Gasteiger partial charge is 0.141 e. The Kier molecular flexibility index (Phi) is 5.11. The zero-order valence-corrected chi connectivity index (χ0v) is 12.6. The van der Waals surface area contributed by atoms with Crippen LogP contribution < -0.4 is 10.5 Å². The summed E-state index contributed by atoms with van der Waals surface area (Å²) in [6, 6.07) is 7.74. The summed E-state index contributed by atoms with van der Waals surface area (Å²) in [6.07, 6.45) is 1.61. The maximum atomic E-state index is 7.69. The number of nitrogens with one attached hydrogen (secondary N) is 1. The van der Waals surface area contributed by atoms with Crippen molar-refractivity contribution < 1.29 is 4.74 Å². The number of amidine groups is 1. The second-order valence-corrected chi connectivity index (χ2v) is 4.81. The van der Waals surface area contributed by atoms with Crippen molar-refractivity contribution in [3.63, 3.8) is 0 Å². The van der Waals surface area contributed by atoms with Crippen molar-refractivity contribution in [2.45, 2.75) is 13.8 Å². The standard InChI is InChI=1S/C16H22N4O/c1-3-20(4-2)9-10-21-15-12-7-5-6-8-14(12)19-11-13(15)16(17)18/h5-8,11H,3-4,9-10H2,1-2H3,(H3,17,18). The Hall–Kier alpha value is -2.14. The molecule has 0 radical (unpaired) electrons. The maximum absolute atomic E-state index is 7.69. The molecule has 2 rings (SSSR count). The average Bonchev–Trinajstić information content (AvgIpc) is 2.51. The number of pyridine rings is 1. The minimum atomic E-state index is -0.0221. The molecule has 0 amide bonds. The van der Waals surface area contributed by atoms with E-state index in [-0.39, 0.29) is 5.84 Å². The molecule has 1 aromatic carbocycles. The normalized spacial score (nSPS) is 11.0. The molecule has 1 aromatic heterocycles. The fourth-order valence-corrected chi connectivity index (χ4v) is 2.28. The van der Waals surface area contributed by atoms with Gasteiger partial charge in [-0.25, -0.2) is 0 Å². The van der Waals surface area contributed by atoms with Gasteiger partial charge in [-0.2, -0.15) is 0 Å². The molecule has 0 fully saturated rings. The Morgan fingerprint density at radius 1 is 1.29 bits per heavy atom. The van der Waals surface area contributed by atoms with Gasteiger partial charge < -0.3 is 15.4 Å². The number of nitrogen functional groups attached to an aromatic ring is 1. The molecule has 0 saturated carbocycles. The van der Waals surface area contributed by atoms with E-state index in [4.69, 9.17) is 15.9 Å². The number of ether oxygens (including phenoxy) is 1. The average molecular weight is 286 g/mol. The number of nitrogens with zero attached hydrogens (tertiary/aromatic N) is 2. The lowest BCUT2D eigenvalue weighted by Gasteiger charge is -2.19. The van der Waals surface area contributed by atoms with Gasteiger partial charge in [0.05, 0.1) is 11.1 Å². The SMILES string of the molecule is CCN(CC)CCOc1c(C(=N)N)cnc2ccccc12. The van der Waals surface area contributed by atoms with Gasteiger partial charge in [0.2, 0.25) is 0 Å². The molecule has 0 aliphatic rings. The highest BCUT2D eigenvalue weighted by molar-refractivity contribution is 6.02. The third kappa shape index (κ3) is 3.49. The predicted molar refractivity (Wildman–Crippen MR) is 86.0 cm³/mol. The van der Waals surface area contributed by atoms with Gasteiger partial charge in [0.25, 0.3) is 0 Å². The van der Waals surface area contributed by atoms with Gasteiger partial charge >= 0.3 is 0 Å². The van der Waals surface area contributed by atoms with Crippen molar-refractivity contribution in [2.24, 2.45) is 5.73 Å². The lowest BCUT2D eigenvalue weighted by Crippen LogP contribution is -2.28. The number of aromatic nitrogens is 1. The maximum Gasteiger partial charge on any atom is 0.141 e. The molecule has 2 aromatic rings. The highest BCUT2D eigenvalue weighted by atomic mass is 16.5. The van der Waals surface area contributed by atoms with Gasteiger partial charge in [0, 0.05) is 18.1 Å². The van der Waals surface area contributed by atoms with Crippen LogP contribution in [0.1, 0.15) is 19.4 Å². The number of rotatable bonds is 7. The minimum absolute atomic E-state index is 0.0221. The molecule has 0 bridgehead atoms. The highest BCUT2D eigenvalue weighted by Crippen LogP contribution is 2.27. The van der Waals surface area contributed by atoms with Gasteiger partial charge in [-0.3, -0.25) is 10.4 Å². The first-order chi connectivity index (χ1) is 10.2. The van der Waals surface area contributed by atoms with Crippen LogP contribution >= 0.6 is 0 Å². The first-order valence-electron chi connectivity index (χ1n) is 7.24. The summed E-state index contributed by atoms with van der Waals surface area (Å²) in [5.41, 5.74) is 7.04. The molecule has 0 saturated heterocycles. The molecule has 0 aliphatic carbocycles. The Bertz CT molecular complexity index is 623. The molecule has 0 spiro atoms. The molecule has 1 heterocycles. The molecule has 112 valence electrons. The van der Waals surface area contributed by atoms with E-state index in [9.17, 15) is 0 Å². The van der Waals surface area contributed by atoms with E-state index >= 15 is 0 Å². The Morgan fingerprint density at radius 3 is 2.67 bits per heavy atom. The van der Waals surface area contributed by atoms with Crippen LogP contribution in [0.3, 0.4) is 0 Å². The van der Waals surface area contributed by atoms with Crippen LogP contribution in [0.25, 0.3) is 10.9 Å². The van der Waals surface area contributed by atoms with E-state index in [1.807, 2.05) is 24.3 Å². The molecule has 3 N–H and O–H groups in total. The van der Waals surface area contributed by atoms with Crippen molar-refractivity contribution in [3.8, 4) is 5.75 Å². The Labute approximate surface area is 125 Å². The first-order valence-corrected chi connectivity index (χ1v) is 7.24. The summed E-state index contributed by atoms with van der Waals surface area (Å²) in [7, 11) is 0. The van der Waals surface area contributed by atoms with Gasteiger partial charge in [-0.05, 0) is 25.2 Å². The number of likely N-dealkylation sites (N-methyl/N-ethyl adjacent to an activating group) is 1. The van der Waals surface area contributed by atoms with Crippen LogP contribution in [-0.2, 0) is 0 Å². The summed E-state index contributed by atoms with van der Waals surface area (Å²) < 4.78 is 5.94. The van der Waals surface area contributed by atoms with Crippen molar-refractivity contribution in [1.29, 1.82) is 5.41 Å². The van der Waals surface area contributed by atoms with Crippen molar-refractivity contribution in [1.82, 2.24) is 9.88 Å². The molecule has 5 nitrogen and oxygen atoms in total. The summed E-state index contributed by atoms with van der Waals surface area (Å²) in [5.74, 6) is 0.631. The minimum Gasteiger partial charge on any atom is -0.491 e. The second-order valence-electron chi connectivity index (χ2n) is 4.81. The van der Waals surface area contributed by atoms with Crippen LogP contribution in [0.15, 0.2) is 30.5 Å². The highest BCUT2D eigenvalue weighted by Gasteiger charge is 2.12. The number of para-hydroxylation sites is 1. The van der Waals surface area contributed by atoms with Crippen molar-refractivity contribution in [3.05, 3.63) is 36.0 Å². The monoisotopic (exact) mass is 286 g/mol. The van der Waals surface area contributed by atoms with Gasteiger partial charge in [0.15, 0.2) is 0 Å². The van der Waals surface area contributed by atoms with E-state index in [0.29, 0.717) is 17.9 Å². The quantitative estimate of drug-likeness (QED) is 0.604. The van der Waals surface area contributed by atoms with Crippen molar-refractivity contribution >= 4 is 16.7 Å². The molecular formula is C16H22N4O. The fourth-order valence-electron chi connectivity index (χ4n) is 2.28. The van der Waals surface area contributed by atoms with E-state index in [1.165, 1.54) is 0 Å². The van der Waals surface area contributed by atoms with Gasteiger partial charge in [-0.1, -0.05) is 26.0 Å². The third-order valence-electron chi connectivity index (χ3n) is 3.56. The van der Waals surface area contributed by atoms with Gasteiger partial charge in [0.1, 0.15) is 18.2 Å². The van der Waals surface area contributed by atoms with Gasteiger partial charge in [-0.15, -0.1) is 0 Å². The zero-order valence-electron chi connectivity index (χ0n) is 12.6. The predicted octanol–water partition coefficient (Wildman–Crippen LogP) is 2.24. The summed E-state index contributed by atoms with van der Waals surface area (Å²) in [5, 5.41) is 8.58.